The molecule has 0 spiro atoms. The van der Waals surface area contributed by atoms with Crippen LogP contribution in [0.1, 0.15) is 29.7 Å². The molecule has 0 radical (unpaired) electrons. The van der Waals surface area contributed by atoms with E-state index in [9.17, 15) is 14.7 Å². The molecular weight excluding hydrogens is 492 g/mol. The van der Waals surface area contributed by atoms with Gasteiger partial charge in [0.1, 0.15) is 17.3 Å². The summed E-state index contributed by atoms with van der Waals surface area (Å²) in [6, 6.07) is 17.0. The summed E-state index contributed by atoms with van der Waals surface area (Å²) < 4.78 is 11.1. The smallest absolute Gasteiger partial charge is 0.300 e. The average Bonchev–Trinajstić information content (AvgIpc) is 3.14. The monoisotopic (exact) mass is 520 g/mol. The zero-order valence-corrected chi connectivity index (χ0v) is 22.2. The summed E-state index contributed by atoms with van der Waals surface area (Å²) in [5.74, 6) is -1.13. The van der Waals surface area contributed by atoms with Gasteiger partial charge in [0.25, 0.3) is 11.7 Å². The number of halogens is 1. The number of rotatable bonds is 7. The maximum absolute atomic E-state index is 13.5. The van der Waals surface area contributed by atoms with Gasteiger partial charge in [-0.25, -0.2) is 0 Å². The number of aryl methyl sites for hydroxylation is 1. The zero-order valence-electron chi connectivity index (χ0n) is 21.4. The fourth-order valence-electron chi connectivity index (χ4n) is 4.52. The lowest BCUT2D eigenvalue weighted by Crippen LogP contribution is -2.29. The van der Waals surface area contributed by atoms with Crippen LogP contribution in [0, 0.1) is 6.92 Å². The number of aliphatic hydroxyl groups excluding tert-OH is 1. The van der Waals surface area contributed by atoms with Crippen LogP contribution < -0.4 is 19.3 Å². The van der Waals surface area contributed by atoms with Crippen LogP contribution in [-0.4, -0.2) is 44.6 Å². The molecule has 0 saturated carbocycles. The lowest BCUT2D eigenvalue weighted by Gasteiger charge is -2.26. The first-order chi connectivity index (χ1) is 17.7. The highest BCUT2D eigenvalue weighted by Gasteiger charge is 2.47. The lowest BCUT2D eigenvalue weighted by atomic mass is 9.94. The number of anilines is 2. The topological polar surface area (TPSA) is 79.3 Å². The van der Waals surface area contributed by atoms with Gasteiger partial charge in [0.05, 0.1) is 35.9 Å². The van der Waals surface area contributed by atoms with E-state index in [-0.39, 0.29) is 27.7 Å². The Balaban J connectivity index is 1.98. The van der Waals surface area contributed by atoms with E-state index in [0.29, 0.717) is 23.6 Å². The molecule has 192 valence electrons. The van der Waals surface area contributed by atoms with E-state index < -0.39 is 17.7 Å². The minimum Gasteiger partial charge on any atom is -0.507 e. The molecule has 1 amide bonds. The normalized spacial score (nSPS) is 16.7. The molecule has 1 saturated heterocycles. The van der Waals surface area contributed by atoms with Crippen LogP contribution in [0.25, 0.3) is 5.76 Å². The minimum absolute atomic E-state index is 0.0515. The van der Waals surface area contributed by atoms with Crippen LogP contribution in [0.2, 0.25) is 5.02 Å². The number of methoxy groups -OCH3 is 1. The summed E-state index contributed by atoms with van der Waals surface area (Å²) >= 11 is 6.38. The Morgan fingerprint density at radius 3 is 2.41 bits per heavy atom. The van der Waals surface area contributed by atoms with E-state index >= 15 is 0 Å². The molecule has 1 aliphatic heterocycles. The number of nitrogens with zero attached hydrogens (tertiary/aromatic N) is 2. The summed E-state index contributed by atoms with van der Waals surface area (Å²) in [6.45, 7) is 4.13. The molecular formula is C29H29ClN2O5. The number of ether oxygens (including phenoxy) is 2. The number of Topliss-reactive ketones (excluding diaryl/α,β-unsaturated/α-hetero) is 1. The molecule has 1 atom stereocenters. The Kier molecular flexibility index (Phi) is 7.45. The molecule has 1 N–H and O–H groups in total. The van der Waals surface area contributed by atoms with Gasteiger partial charge in [-0.15, -0.1) is 0 Å². The SMILES string of the molecule is CCOc1cccc(N2C(=O)C(=O)/C(=C(/O)c3cc(C)cc(Cl)c3OC)C2c2ccc(N(C)C)cc2)c1. The quantitative estimate of drug-likeness (QED) is 0.243. The van der Waals surface area contributed by atoms with E-state index in [1.807, 2.05) is 57.1 Å². The Bertz CT molecular complexity index is 1380. The molecule has 0 aliphatic carbocycles. The fraction of sp³-hybridized carbons (Fsp3) is 0.241. The third kappa shape index (κ3) is 4.87. The lowest BCUT2D eigenvalue weighted by molar-refractivity contribution is -0.132. The van der Waals surface area contributed by atoms with Crippen molar-refractivity contribution in [1.82, 2.24) is 0 Å². The van der Waals surface area contributed by atoms with Crippen molar-refractivity contribution in [3.05, 3.63) is 87.9 Å². The minimum atomic E-state index is -0.892. The summed E-state index contributed by atoms with van der Waals surface area (Å²) in [4.78, 5) is 30.4. The maximum Gasteiger partial charge on any atom is 0.300 e. The summed E-state index contributed by atoms with van der Waals surface area (Å²) in [5, 5.41) is 11.8. The molecule has 1 aliphatic rings. The highest BCUT2D eigenvalue weighted by atomic mass is 35.5. The molecule has 1 unspecified atom stereocenters. The van der Waals surface area contributed by atoms with Gasteiger partial charge in [-0.3, -0.25) is 14.5 Å². The number of carbonyl (C=O) groups excluding carboxylic acids is 2. The standard InChI is InChI=1S/C29H29ClN2O5/c1-6-37-21-9-7-8-20(16-21)32-25(18-10-12-19(13-11-18)31(3)4)24(27(34)29(32)35)26(33)22-14-17(2)15-23(30)28(22)36-5/h7-16,25,33H,6H2,1-5H3/b26-24+. The van der Waals surface area contributed by atoms with Crippen molar-refractivity contribution in [2.75, 3.05) is 37.6 Å². The van der Waals surface area contributed by atoms with Crippen molar-refractivity contribution in [3.63, 3.8) is 0 Å². The fourth-order valence-corrected chi connectivity index (χ4v) is 4.87. The second-order valence-corrected chi connectivity index (χ2v) is 9.32. The van der Waals surface area contributed by atoms with Crippen LogP contribution in [0.4, 0.5) is 11.4 Å². The average molecular weight is 521 g/mol. The predicted octanol–water partition coefficient (Wildman–Crippen LogP) is 5.75. The van der Waals surface area contributed by atoms with Gasteiger partial charge in [0, 0.05) is 31.5 Å². The van der Waals surface area contributed by atoms with E-state index in [1.54, 1.807) is 36.4 Å². The van der Waals surface area contributed by atoms with Crippen molar-refractivity contribution < 1.29 is 24.2 Å². The molecule has 0 aromatic heterocycles. The van der Waals surface area contributed by atoms with E-state index in [0.717, 1.165) is 11.3 Å². The first-order valence-corrected chi connectivity index (χ1v) is 12.2. The van der Waals surface area contributed by atoms with E-state index in [4.69, 9.17) is 21.1 Å². The molecule has 8 heteroatoms. The molecule has 1 heterocycles. The zero-order chi connectivity index (χ0) is 26.9. The largest absolute Gasteiger partial charge is 0.507 e. The number of carbonyl (C=O) groups is 2. The summed E-state index contributed by atoms with van der Waals surface area (Å²) in [6.07, 6.45) is 0. The maximum atomic E-state index is 13.5. The van der Waals surface area contributed by atoms with Crippen molar-refractivity contribution in [2.24, 2.45) is 0 Å². The number of aliphatic hydroxyl groups is 1. The number of hydrogen-bond donors (Lipinski definition) is 1. The molecule has 1 fully saturated rings. The third-order valence-electron chi connectivity index (χ3n) is 6.22. The van der Waals surface area contributed by atoms with Gasteiger partial charge in [-0.05, 0) is 61.4 Å². The van der Waals surface area contributed by atoms with Gasteiger partial charge < -0.3 is 19.5 Å². The molecule has 3 aromatic carbocycles. The van der Waals surface area contributed by atoms with Gasteiger partial charge in [-0.2, -0.15) is 0 Å². The molecule has 37 heavy (non-hydrogen) atoms. The van der Waals surface area contributed by atoms with Crippen LogP contribution in [-0.2, 0) is 9.59 Å². The van der Waals surface area contributed by atoms with Gasteiger partial charge in [-0.1, -0.05) is 29.8 Å². The Hall–Kier alpha value is -3.97. The van der Waals surface area contributed by atoms with Crippen LogP contribution in [0.3, 0.4) is 0 Å². The van der Waals surface area contributed by atoms with Gasteiger partial charge >= 0.3 is 0 Å². The first kappa shape index (κ1) is 26.1. The van der Waals surface area contributed by atoms with Crippen molar-refractivity contribution in [3.8, 4) is 11.5 Å². The molecule has 7 nitrogen and oxygen atoms in total. The van der Waals surface area contributed by atoms with Crippen LogP contribution in [0.5, 0.6) is 11.5 Å². The number of ketones is 1. The van der Waals surface area contributed by atoms with Gasteiger partial charge in [0.2, 0.25) is 0 Å². The number of amides is 1. The van der Waals surface area contributed by atoms with Crippen LogP contribution >= 0.6 is 11.6 Å². The Morgan fingerprint density at radius 1 is 1.08 bits per heavy atom. The second-order valence-electron chi connectivity index (χ2n) is 8.91. The molecule has 0 bridgehead atoms. The van der Waals surface area contributed by atoms with Gasteiger partial charge in [0.15, 0.2) is 0 Å². The Labute approximate surface area is 221 Å². The van der Waals surface area contributed by atoms with Crippen molar-refractivity contribution in [2.45, 2.75) is 19.9 Å². The highest BCUT2D eigenvalue weighted by Crippen LogP contribution is 2.45. The number of benzene rings is 3. The van der Waals surface area contributed by atoms with Crippen molar-refractivity contribution in [1.29, 1.82) is 0 Å². The molecule has 4 rings (SSSR count). The summed E-state index contributed by atoms with van der Waals surface area (Å²) in [5.41, 5.74) is 3.03. The third-order valence-corrected chi connectivity index (χ3v) is 6.50. The highest BCUT2D eigenvalue weighted by molar-refractivity contribution is 6.51. The first-order valence-electron chi connectivity index (χ1n) is 11.8. The Morgan fingerprint density at radius 2 is 1.78 bits per heavy atom. The second kappa shape index (κ2) is 10.6. The molecule has 3 aromatic rings. The van der Waals surface area contributed by atoms with Crippen molar-refractivity contribution >= 4 is 40.4 Å². The van der Waals surface area contributed by atoms with E-state index in [1.165, 1.54) is 12.0 Å². The predicted molar refractivity (Wildman–Crippen MR) is 146 cm³/mol. The summed E-state index contributed by atoms with van der Waals surface area (Å²) in [7, 11) is 5.28. The van der Waals surface area contributed by atoms with E-state index in [2.05, 4.69) is 0 Å². The van der Waals surface area contributed by atoms with Crippen LogP contribution in [0.15, 0.2) is 66.2 Å². The number of hydrogen-bond acceptors (Lipinski definition) is 6.